The van der Waals surface area contributed by atoms with Crippen LogP contribution >= 0.6 is 12.2 Å². The molecule has 0 saturated carbocycles. The zero-order chi connectivity index (χ0) is 15.1. The lowest BCUT2D eigenvalue weighted by atomic mass is 9.86. The topological polar surface area (TPSA) is 48.6 Å². The number of nitrogens with one attached hydrogen (secondary N) is 2. The summed E-state index contributed by atoms with van der Waals surface area (Å²) < 4.78 is 0.433. The van der Waals surface area contributed by atoms with Gasteiger partial charge in [-0.15, -0.1) is 0 Å². The molecule has 3 nitrogen and oxygen atoms in total. The molecule has 0 spiro atoms. The molecular weight excluding hydrogens is 268 g/mol. The summed E-state index contributed by atoms with van der Waals surface area (Å²) in [5, 5.41) is 0. The van der Waals surface area contributed by atoms with E-state index in [1.54, 1.807) is 0 Å². The molecular formula is C16H28N2OS. The van der Waals surface area contributed by atoms with E-state index in [0.29, 0.717) is 10.7 Å². The monoisotopic (exact) mass is 296 g/mol. The summed E-state index contributed by atoms with van der Waals surface area (Å²) in [6.07, 6.45) is 7.21. The third-order valence-electron chi connectivity index (χ3n) is 4.17. The lowest BCUT2D eigenvalue weighted by Crippen LogP contribution is -2.17. The molecule has 0 aliphatic heterocycles. The third-order valence-corrected chi connectivity index (χ3v) is 4.38. The number of unbranched alkanes of at least 4 members (excludes halogenated alkanes) is 2. The summed E-state index contributed by atoms with van der Waals surface area (Å²) >= 11 is 5.05. The molecule has 0 aliphatic rings. The van der Waals surface area contributed by atoms with Crippen molar-refractivity contribution in [1.29, 1.82) is 0 Å². The van der Waals surface area contributed by atoms with Gasteiger partial charge in [0.2, 0.25) is 0 Å². The van der Waals surface area contributed by atoms with Gasteiger partial charge >= 0.3 is 0 Å². The molecule has 0 aliphatic carbocycles. The normalized spacial score (nSPS) is 12.8. The molecule has 1 atom stereocenters. The molecule has 1 rings (SSSR count). The van der Waals surface area contributed by atoms with Gasteiger partial charge in [0, 0.05) is 11.3 Å². The van der Waals surface area contributed by atoms with Crippen LogP contribution in [0.15, 0.2) is 4.79 Å². The van der Waals surface area contributed by atoms with E-state index in [2.05, 4.69) is 30.7 Å². The Morgan fingerprint density at radius 2 is 1.85 bits per heavy atom. The summed E-state index contributed by atoms with van der Waals surface area (Å²) in [6, 6.07) is 0. The fourth-order valence-corrected chi connectivity index (χ4v) is 2.86. The third kappa shape index (κ3) is 5.23. The van der Waals surface area contributed by atoms with Crippen LogP contribution in [-0.4, -0.2) is 9.97 Å². The average molecular weight is 296 g/mol. The predicted molar refractivity (Wildman–Crippen MR) is 87.8 cm³/mol. The molecule has 1 unspecified atom stereocenters. The first-order valence-corrected chi connectivity index (χ1v) is 8.18. The summed E-state index contributed by atoms with van der Waals surface area (Å²) in [5.74, 6) is 1.42. The van der Waals surface area contributed by atoms with E-state index in [1.165, 1.54) is 25.7 Å². The van der Waals surface area contributed by atoms with Crippen molar-refractivity contribution in [2.24, 2.45) is 11.8 Å². The zero-order valence-electron chi connectivity index (χ0n) is 13.2. The Labute approximate surface area is 127 Å². The van der Waals surface area contributed by atoms with E-state index < -0.39 is 0 Å². The van der Waals surface area contributed by atoms with Crippen LogP contribution in [0.3, 0.4) is 0 Å². The average Bonchev–Trinajstić information content (AvgIpc) is 2.38. The van der Waals surface area contributed by atoms with Crippen molar-refractivity contribution in [3.05, 3.63) is 26.4 Å². The Morgan fingerprint density at radius 1 is 1.15 bits per heavy atom. The van der Waals surface area contributed by atoms with Crippen LogP contribution in [-0.2, 0) is 6.42 Å². The first-order chi connectivity index (χ1) is 9.45. The highest BCUT2D eigenvalue weighted by Gasteiger charge is 2.14. The second kappa shape index (κ2) is 8.40. The maximum Gasteiger partial charge on any atom is 0.254 e. The number of hydrogen-bond donors (Lipinski definition) is 2. The smallest absolute Gasteiger partial charge is 0.254 e. The fraction of sp³-hybridized carbons (Fsp3) is 0.750. The molecule has 1 heterocycles. The second-order valence-electron chi connectivity index (χ2n) is 6.05. The van der Waals surface area contributed by atoms with Gasteiger partial charge in [-0.3, -0.25) is 9.78 Å². The minimum Gasteiger partial charge on any atom is -0.336 e. The Morgan fingerprint density at radius 3 is 2.45 bits per heavy atom. The SMILES string of the molecule is CCCCCC(CCc1[nH]c(=S)[nH]c(=O)c1C)C(C)C. The Kier molecular flexibility index (Phi) is 7.20. The molecule has 0 aromatic carbocycles. The van der Waals surface area contributed by atoms with Gasteiger partial charge in [-0.1, -0.05) is 46.5 Å². The maximum atomic E-state index is 11.7. The standard InChI is InChI=1S/C16H28N2OS/c1-5-6-7-8-13(11(2)3)9-10-14-12(4)15(19)18-16(20)17-14/h11,13H,5-10H2,1-4H3,(H2,17,18,19,20). The molecule has 1 aromatic rings. The number of aromatic nitrogens is 2. The highest BCUT2D eigenvalue weighted by molar-refractivity contribution is 7.71. The fourth-order valence-electron chi connectivity index (χ4n) is 2.64. The van der Waals surface area contributed by atoms with E-state index in [0.717, 1.165) is 30.0 Å². The van der Waals surface area contributed by atoms with Crippen molar-refractivity contribution in [3.8, 4) is 0 Å². The molecule has 114 valence electrons. The zero-order valence-corrected chi connectivity index (χ0v) is 14.0. The summed E-state index contributed by atoms with van der Waals surface area (Å²) in [7, 11) is 0. The van der Waals surface area contributed by atoms with Crippen molar-refractivity contribution >= 4 is 12.2 Å². The summed E-state index contributed by atoms with van der Waals surface area (Å²) in [6.45, 7) is 8.69. The van der Waals surface area contributed by atoms with E-state index >= 15 is 0 Å². The van der Waals surface area contributed by atoms with Crippen molar-refractivity contribution in [2.75, 3.05) is 0 Å². The predicted octanol–water partition coefficient (Wildman–Crippen LogP) is 4.53. The molecule has 1 aromatic heterocycles. The van der Waals surface area contributed by atoms with Gasteiger partial charge in [0.25, 0.3) is 5.56 Å². The van der Waals surface area contributed by atoms with Crippen molar-refractivity contribution < 1.29 is 0 Å². The molecule has 0 saturated heterocycles. The minimum atomic E-state index is -0.0594. The van der Waals surface area contributed by atoms with Crippen molar-refractivity contribution in [3.63, 3.8) is 0 Å². The molecule has 2 N–H and O–H groups in total. The number of aryl methyl sites for hydroxylation is 1. The van der Waals surface area contributed by atoms with Crippen LogP contribution in [0.1, 0.15) is 64.1 Å². The number of hydrogen-bond acceptors (Lipinski definition) is 2. The Hall–Kier alpha value is -0.900. The molecule has 0 radical (unpaired) electrons. The molecule has 0 fully saturated rings. The van der Waals surface area contributed by atoms with E-state index in [1.807, 2.05) is 6.92 Å². The highest BCUT2D eigenvalue weighted by atomic mass is 32.1. The van der Waals surface area contributed by atoms with Crippen LogP contribution in [0.2, 0.25) is 0 Å². The van der Waals surface area contributed by atoms with Crippen molar-refractivity contribution in [2.45, 2.75) is 66.2 Å². The Bertz CT molecular complexity index is 516. The van der Waals surface area contributed by atoms with Gasteiger partial charge in [-0.05, 0) is 43.8 Å². The highest BCUT2D eigenvalue weighted by Crippen LogP contribution is 2.24. The molecule has 4 heteroatoms. The summed E-state index contributed by atoms with van der Waals surface area (Å²) in [4.78, 5) is 17.5. The van der Waals surface area contributed by atoms with E-state index in [4.69, 9.17) is 12.2 Å². The van der Waals surface area contributed by atoms with Gasteiger partial charge in [0.05, 0.1) is 0 Å². The number of H-pyrrole nitrogens is 2. The van der Waals surface area contributed by atoms with Crippen LogP contribution in [0.25, 0.3) is 0 Å². The maximum absolute atomic E-state index is 11.7. The minimum absolute atomic E-state index is 0.0594. The van der Waals surface area contributed by atoms with Crippen molar-refractivity contribution in [1.82, 2.24) is 9.97 Å². The first-order valence-electron chi connectivity index (χ1n) is 7.77. The second-order valence-corrected chi connectivity index (χ2v) is 6.46. The van der Waals surface area contributed by atoms with Crippen LogP contribution in [0.4, 0.5) is 0 Å². The largest absolute Gasteiger partial charge is 0.336 e. The number of aromatic amines is 2. The van der Waals surface area contributed by atoms with Gasteiger partial charge in [0.15, 0.2) is 4.77 Å². The van der Waals surface area contributed by atoms with Crippen LogP contribution in [0.5, 0.6) is 0 Å². The first kappa shape index (κ1) is 17.2. The van der Waals surface area contributed by atoms with Gasteiger partial charge in [-0.2, -0.15) is 0 Å². The molecule has 0 bridgehead atoms. The molecule has 0 amide bonds. The van der Waals surface area contributed by atoms with Crippen LogP contribution in [0, 0.1) is 23.5 Å². The lowest BCUT2D eigenvalue weighted by molar-refractivity contribution is 0.324. The van der Waals surface area contributed by atoms with E-state index in [9.17, 15) is 4.79 Å². The molecule has 20 heavy (non-hydrogen) atoms. The van der Waals surface area contributed by atoms with Gasteiger partial charge in [-0.25, -0.2) is 0 Å². The van der Waals surface area contributed by atoms with E-state index in [-0.39, 0.29) is 5.56 Å². The van der Waals surface area contributed by atoms with Gasteiger partial charge in [0.1, 0.15) is 0 Å². The van der Waals surface area contributed by atoms with Crippen LogP contribution < -0.4 is 5.56 Å². The summed E-state index contributed by atoms with van der Waals surface area (Å²) in [5.41, 5.74) is 1.71. The van der Waals surface area contributed by atoms with Gasteiger partial charge < -0.3 is 4.98 Å². The lowest BCUT2D eigenvalue weighted by Gasteiger charge is -2.21. The number of rotatable bonds is 8. The quantitative estimate of drug-likeness (QED) is 0.547. The Balaban J connectivity index is 2.68.